The molecule has 0 aliphatic carbocycles. The summed E-state index contributed by atoms with van der Waals surface area (Å²) in [5.41, 5.74) is 0.774. The maximum absolute atomic E-state index is 11.8. The lowest BCUT2D eigenvalue weighted by Gasteiger charge is -2.14. The fourth-order valence-electron chi connectivity index (χ4n) is 1.55. The van der Waals surface area contributed by atoms with E-state index in [-0.39, 0.29) is 24.2 Å². The number of nitrogens with zero attached hydrogens (tertiary/aromatic N) is 1. The topological polar surface area (TPSA) is 92.5 Å². The Morgan fingerprint density at radius 3 is 2.67 bits per heavy atom. The number of nitro benzene ring substituents is 1. The molecule has 1 aromatic carbocycles. The number of aliphatic hydroxyl groups is 1. The summed E-state index contributed by atoms with van der Waals surface area (Å²) < 4.78 is 0. The first-order valence-corrected chi connectivity index (χ1v) is 5.66. The second kappa shape index (κ2) is 6.11. The number of nitrogens with one attached hydrogen (secondary N) is 1. The van der Waals surface area contributed by atoms with Crippen molar-refractivity contribution >= 4 is 11.6 Å². The van der Waals surface area contributed by atoms with E-state index in [1.54, 1.807) is 6.92 Å². The highest BCUT2D eigenvalue weighted by Crippen LogP contribution is 2.18. The minimum absolute atomic E-state index is 0.0132. The smallest absolute Gasteiger partial charge is 0.272 e. The number of aryl methyl sites for hydroxylation is 1. The van der Waals surface area contributed by atoms with Crippen molar-refractivity contribution in [2.75, 3.05) is 6.61 Å². The minimum atomic E-state index is -0.487. The highest BCUT2D eigenvalue weighted by molar-refractivity contribution is 5.94. The fourth-order valence-corrected chi connectivity index (χ4v) is 1.55. The quantitative estimate of drug-likeness (QED) is 0.612. The molecule has 0 aliphatic heterocycles. The molecule has 6 nitrogen and oxygen atoms in total. The molecule has 0 radical (unpaired) electrons. The van der Waals surface area contributed by atoms with E-state index in [9.17, 15) is 14.9 Å². The Labute approximate surface area is 105 Å². The van der Waals surface area contributed by atoms with Crippen LogP contribution >= 0.6 is 0 Å². The largest absolute Gasteiger partial charge is 0.394 e. The van der Waals surface area contributed by atoms with E-state index in [0.717, 1.165) is 0 Å². The van der Waals surface area contributed by atoms with Crippen LogP contribution in [0.1, 0.15) is 29.3 Å². The zero-order valence-corrected chi connectivity index (χ0v) is 10.3. The number of aliphatic hydroxyl groups excluding tert-OH is 1. The predicted molar refractivity (Wildman–Crippen MR) is 66.5 cm³/mol. The second-order valence-corrected chi connectivity index (χ2v) is 4.02. The summed E-state index contributed by atoms with van der Waals surface area (Å²) in [6, 6.07) is 3.89. The van der Waals surface area contributed by atoms with Crippen LogP contribution in [0.4, 0.5) is 5.69 Å². The molecule has 1 rings (SSSR count). The average Bonchev–Trinajstić information content (AvgIpc) is 2.34. The maximum atomic E-state index is 11.8. The van der Waals surface area contributed by atoms with Gasteiger partial charge in [0.2, 0.25) is 0 Å². The van der Waals surface area contributed by atoms with Crippen LogP contribution in [0, 0.1) is 17.0 Å². The van der Waals surface area contributed by atoms with E-state index in [0.29, 0.717) is 17.5 Å². The molecule has 1 atom stereocenters. The number of nitro groups is 1. The highest BCUT2D eigenvalue weighted by Gasteiger charge is 2.15. The Morgan fingerprint density at radius 1 is 1.56 bits per heavy atom. The maximum Gasteiger partial charge on any atom is 0.272 e. The van der Waals surface area contributed by atoms with Crippen molar-refractivity contribution in [2.24, 2.45) is 0 Å². The van der Waals surface area contributed by atoms with E-state index < -0.39 is 4.92 Å². The molecule has 6 heteroatoms. The van der Waals surface area contributed by atoms with Gasteiger partial charge in [-0.25, -0.2) is 0 Å². The van der Waals surface area contributed by atoms with E-state index in [2.05, 4.69) is 5.32 Å². The third kappa shape index (κ3) is 3.27. The molecule has 0 spiro atoms. The Balaban J connectivity index is 2.88. The Hall–Kier alpha value is -1.95. The van der Waals surface area contributed by atoms with Gasteiger partial charge in [-0.15, -0.1) is 0 Å². The van der Waals surface area contributed by atoms with Crippen molar-refractivity contribution in [1.29, 1.82) is 0 Å². The van der Waals surface area contributed by atoms with Gasteiger partial charge < -0.3 is 10.4 Å². The molecule has 0 aromatic heterocycles. The van der Waals surface area contributed by atoms with Crippen LogP contribution in [0.2, 0.25) is 0 Å². The van der Waals surface area contributed by atoms with Crippen LogP contribution in [0.5, 0.6) is 0 Å². The number of hydrogen-bond acceptors (Lipinski definition) is 4. The number of carbonyl (C=O) groups excluding carboxylic acids is 1. The molecule has 0 saturated heterocycles. The lowest BCUT2D eigenvalue weighted by Crippen LogP contribution is -2.36. The van der Waals surface area contributed by atoms with Gasteiger partial charge in [0.25, 0.3) is 11.6 Å². The van der Waals surface area contributed by atoms with Gasteiger partial charge in [0.15, 0.2) is 0 Å². The normalized spacial score (nSPS) is 11.9. The molecule has 2 N–H and O–H groups in total. The molecule has 98 valence electrons. The summed E-state index contributed by atoms with van der Waals surface area (Å²) >= 11 is 0. The number of benzene rings is 1. The van der Waals surface area contributed by atoms with E-state index in [4.69, 9.17) is 5.11 Å². The van der Waals surface area contributed by atoms with Gasteiger partial charge in [0.1, 0.15) is 0 Å². The standard InChI is InChI=1S/C12H16N2O4/c1-3-10(7-15)13-12(16)9-4-5-11(14(17)18)8(2)6-9/h4-6,10,15H,3,7H2,1-2H3,(H,13,16). The molecule has 0 bridgehead atoms. The molecule has 1 unspecified atom stereocenters. The van der Waals surface area contributed by atoms with Crippen molar-refractivity contribution in [3.63, 3.8) is 0 Å². The minimum Gasteiger partial charge on any atom is -0.394 e. The van der Waals surface area contributed by atoms with Gasteiger partial charge in [-0.1, -0.05) is 6.92 Å². The van der Waals surface area contributed by atoms with Gasteiger partial charge in [-0.05, 0) is 25.5 Å². The van der Waals surface area contributed by atoms with Crippen LogP contribution in [-0.2, 0) is 0 Å². The zero-order valence-electron chi connectivity index (χ0n) is 10.3. The number of rotatable bonds is 5. The van der Waals surface area contributed by atoms with Gasteiger partial charge >= 0.3 is 0 Å². The molecule has 1 aromatic rings. The fraction of sp³-hybridized carbons (Fsp3) is 0.417. The van der Waals surface area contributed by atoms with Crippen LogP contribution in [0.25, 0.3) is 0 Å². The first-order chi connectivity index (χ1) is 8.49. The Bertz CT molecular complexity index is 455. The Kier molecular flexibility index (Phi) is 4.79. The predicted octanol–water partition coefficient (Wildman–Crippen LogP) is 1.40. The number of hydrogen-bond donors (Lipinski definition) is 2. The van der Waals surface area contributed by atoms with E-state index >= 15 is 0 Å². The van der Waals surface area contributed by atoms with Gasteiger partial charge in [-0.2, -0.15) is 0 Å². The molecule has 0 saturated carbocycles. The molecule has 1 amide bonds. The summed E-state index contributed by atoms with van der Waals surface area (Å²) in [4.78, 5) is 22.0. The lowest BCUT2D eigenvalue weighted by atomic mass is 10.1. The number of carbonyl (C=O) groups is 1. The van der Waals surface area contributed by atoms with Gasteiger partial charge in [0, 0.05) is 17.2 Å². The first-order valence-electron chi connectivity index (χ1n) is 5.66. The lowest BCUT2D eigenvalue weighted by molar-refractivity contribution is -0.385. The van der Waals surface area contributed by atoms with Crippen LogP contribution in [0.3, 0.4) is 0 Å². The second-order valence-electron chi connectivity index (χ2n) is 4.02. The third-order valence-electron chi connectivity index (χ3n) is 2.70. The van der Waals surface area contributed by atoms with Crippen molar-refractivity contribution in [1.82, 2.24) is 5.32 Å². The third-order valence-corrected chi connectivity index (χ3v) is 2.70. The van der Waals surface area contributed by atoms with E-state index in [1.807, 2.05) is 6.92 Å². The summed E-state index contributed by atoms with van der Waals surface area (Å²) in [7, 11) is 0. The summed E-state index contributed by atoms with van der Waals surface area (Å²) in [5, 5.41) is 22.3. The summed E-state index contributed by atoms with van der Waals surface area (Å²) in [5.74, 6) is -0.339. The molecule has 0 heterocycles. The molecular formula is C12H16N2O4. The Morgan fingerprint density at radius 2 is 2.22 bits per heavy atom. The average molecular weight is 252 g/mol. The highest BCUT2D eigenvalue weighted by atomic mass is 16.6. The molecule has 0 fully saturated rings. The van der Waals surface area contributed by atoms with Crippen LogP contribution in [-0.4, -0.2) is 28.6 Å². The van der Waals surface area contributed by atoms with Crippen molar-refractivity contribution < 1.29 is 14.8 Å². The van der Waals surface area contributed by atoms with Crippen molar-refractivity contribution in [3.8, 4) is 0 Å². The first kappa shape index (κ1) is 14.1. The van der Waals surface area contributed by atoms with Gasteiger partial charge in [0.05, 0.1) is 17.6 Å². The SMILES string of the molecule is CCC(CO)NC(=O)c1ccc([N+](=O)[O-])c(C)c1. The van der Waals surface area contributed by atoms with E-state index in [1.165, 1.54) is 18.2 Å². The molecule has 0 aliphatic rings. The number of amides is 1. The van der Waals surface area contributed by atoms with Crippen LogP contribution in [0.15, 0.2) is 18.2 Å². The summed E-state index contributed by atoms with van der Waals surface area (Å²) in [6.07, 6.45) is 0.619. The zero-order chi connectivity index (χ0) is 13.7. The summed E-state index contributed by atoms with van der Waals surface area (Å²) in [6.45, 7) is 3.30. The monoisotopic (exact) mass is 252 g/mol. The molecular weight excluding hydrogens is 236 g/mol. The molecule has 18 heavy (non-hydrogen) atoms. The van der Waals surface area contributed by atoms with Crippen molar-refractivity contribution in [3.05, 3.63) is 39.4 Å². The van der Waals surface area contributed by atoms with Crippen molar-refractivity contribution in [2.45, 2.75) is 26.3 Å². The van der Waals surface area contributed by atoms with Crippen LogP contribution < -0.4 is 5.32 Å². The van der Waals surface area contributed by atoms with Gasteiger partial charge in [-0.3, -0.25) is 14.9 Å².